The Kier molecular flexibility index (Phi) is 3.68. The van der Waals surface area contributed by atoms with E-state index in [1.165, 1.54) is 5.56 Å². The summed E-state index contributed by atoms with van der Waals surface area (Å²) in [4.78, 5) is 9.07. The van der Waals surface area contributed by atoms with Crippen molar-refractivity contribution < 1.29 is 0 Å². The Bertz CT molecular complexity index is 584. The monoisotopic (exact) mass is 268 g/mol. The fourth-order valence-corrected chi connectivity index (χ4v) is 2.03. The molecule has 0 bridgehead atoms. The van der Waals surface area contributed by atoms with Crippen LogP contribution in [-0.2, 0) is 10.8 Å². The van der Waals surface area contributed by atoms with E-state index >= 15 is 0 Å². The van der Waals surface area contributed by atoms with Crippen molar-refractivity contribution >= 4 is 0 Å². The van der Waals surface area contributed by atoms with Crippen LogP contribution in [0.25, 0.3) is 11.1 Å². The molecule has 0 aliphatic rings. The Balaban J connectivity index is 2.38. The van der Waals surface area contributed by atoms with Crippen molar-refractivity contribution in [2.75, 3.05) is 0 Å². The molecule has 106 valence electrons. The maximum atomic E-state index is 4.60. The molecule has 2 nitrogen and oxygen atoms in total. The molecule has 0 aliphatic carbocycles. The first-order valence-electron chi connectivity index (χ1n) is 7.11. The highest BCUT2D eigenvalue weighted by Gasteiger charge is 2.17. The average molecular weight is 268 g/mol. The molecule has 2 heterocycles. The number of hydrogen-bond donors (Lipinski definition) is 0. The number of aromatic nitrogens is 2. The van der Waals surface area contributed by atoms with Crippen molar-refractivity contribution in [3.63, 3.8) is 0 Å². The van der Waals surface area contributed by atoms with Gasteiger partial charge in [-0.15, -0.1) is 0 Å². The van der Waals surface area contributed by atoms with E-state index in [-0.39, 0.29) is 10.8 Å². The molecule has 20 heavy (non-hydrogen) atoms. The maximum absolute atomic E-state index is 4.60. The maximum Gasteiger partial charge on any atom is 0.0463 e. The van der Waals surface area contributed by atoms with Gasteiger partial charge in [-0.2, -0.15) is 0 Å². The summed E-state index contributed by atoms with van der Waals surface area (Å²) in [7, 11) is 0. The second-order valence-electron chi connectivity index (χ2n) is 7.36. The first-order valence-corrected chi connectivity index (χ1v) is 7.11. The molecule has 0 saturated heterocycles. The van der Waals surface area contributed by atoms with Gasteiger partial charge in [-0.3, -0.25) is 9.97 Å². The van der Waals surface area contributed by atoms with E-state index in [9.17, 15) is 0 Å². The fraction of sp³-hybridized carbons (Fsp3) is 0.444. The minimum Gasteiger partial charge on any atom is -0.261 e. The van der Waals surface area contributed by atoms with E-state index in [1.54, 1.807) is 0 Å². The molecule has 0 aliphatic heterocycles. The van der Waals surface area contributed by atoms with Gasteiger partial charge in [0, 0.05) is 40.2 Å². The van der Waals surface area contributed by atoms with Crippen molar-refractivity contribution in [3.8, 4) is 11.1 Å². The Hall–Kier alpha value is -1.70. The van der Waals surface area contributed by atoms with Gasteiger partial charge in [-0.25, -0.2) is 0 Å². The summed E-state index contributed by atoms with van der Waals surface area (Å²) in [5, 5.41) is 0. The molecule has 0 spiro atoms. The SMILES string of the molecule is CC(C)(C)c1ccc(-c2ccnc(C(C)(C)C)c2)cn1. The van der Waals surface area contributed by atoms with Crippen LogP contribution >= 0.6 is 0 Å². The summed E-state index contributed by atoms with van der Waals surface area (Å²) in [5.41, 5.74) is 4.70. The van der Waals surface area contributed by atoms with Gasteiger partial charge in [0.1, 0.15) is 0 Å². The highest BCUT2D eigenvalue weighted by Crippen LogP contribution is 2.27. The lowest BCUT2D eigenvalue weighted by Crippen LogP contribution is -2.13. The molecule has 0 unspecified atom stereocenters. The van der Waals surface area contributed by atoms with Gasteiger partial charge in [0.05, 0.1) is 0 Å². The first-order chi connectivity index (χ1) is 9.18. The van der Waals surface area contributed by atoms with Gasteiger partial charge in [0.2, 0.25) is 0 Å². The third kappa shape index (κ3) is 3.24. The zero-order chi connectivity index (χ0) is 15.0. The number of hydrogen-bond acceptors (Lipinski definition) is 2. The molecule has 2 heteroatoms. The summed E-state index contributed by atoms with van der Waals surface area (Å²) >= 11 is 0. The third-order valence-corrected chi connectivity index (χ3v) is 3.39. The van der Waals surface area contributed by atoms with Gasteiger partial charge < -0.3 is 0 Å². The molecule has 0 atom stereocenters. The van der Waals surface area contributed by atoms with Crippen LogP contribution in [0.15, 0.2) is 36.7 Å². The van der Waals surface area contributed by atoms with Crippen LogP contribution in [0.4, 0.5) is 0 Å². The minimum absolute atomic E-state index is 0.0643. The molecule has 2 aromatic rings. The highest BCUT2D eigenvalue weighted by atomic mass is 14.7. The molecular formula is C18H24N2. The Labute approximate surface area is 122 Å². The molecular weight excluding hydrogens is 244 g/mol. The second kappa shape index (κ2) is 5.01. The lowest BCUT2D eigenvalue weighted by molar-refractivity contribution is 0.568. The van der Waals surface area contributed by atoms with Crippen molar-refractivity contribution in [3.05, 3.63) is 48.0 Å². The minimum atomic E-state index is 0.0643. The van der Waals surface area contributed by atoms with Gasteiger partial charge in [0.25, 0.3) is 0 Å². The normalized spacial score (nSPS) is 12.5. The van der Waals surface area contributed by atoms with Crippen molar-refractivity contribution in [2.24, 2.45) is 0 Å². The van der Waals surface area contributed by atoms with E-state index in [1.807, 2.05) is 18.5 Å². The van der Waals surface area contributed by atoms with Crippen molar-refractivity contribution in [2.45, 2.75) is 52.4 Å². The lowest BCUT2D eigenvalue weighted by atomic mass is 9.89. The standard InChI is InChI=1S/C18H24N2/c1-17(2,3)15-8-7-14(12-20-15)13-9-10-19-16(11-13)18(4,5)6/h7-12H,1-6H3. The third-order valence-electron chi connectivity index (χ3n) is 3.39. The van der Waals surface area contributed by atoms with Crippen LogP contribution in [-0.4, -0.2) is 9.97 Å². The summed E-state index contributed by atoms with van der Waals surface area (Å²) in [5.74, 6) is 0. The molecule has 0 saturated carbocycles. The molecule has 0 N–H and O–H groups in total. The molecule has 2 aromatic heterocycles. The quantitative estimate of drug-likeness (QED) is 0.746. The van der Waals surface area contributed by atoms with E-state index in [2.05, 4.69) is 69.7 Å². The molecule has 0 amide bonds. The Morgan fingerprint density at radius 3 is 1.85 bits per heavy atom. The van der Waals surface area contributed by atoms with E-state index < -0.39 is 0 Å². The summed E-state index contributed by atoms with van der Waals surface area (Å²) in [6, 6.07) is 8.47. The smallest absolute Gasteiger partial charge is 0.0463 e. The van der Waals surface area contributed by atoms with Crippen LogP contribution in [0.5, 0.6) is 0 Å². The zero-order valence-corrected chi connectivity index (χ0v) is 13.4. The largest absolute Gasteiger partial charge is 0.261 e. The average Bonchev–Trinajstić information content (AvgIpc) is 2.37. The van der Waals surface area contributed by atoms with Gasteiger partial charge in [-0.1, -0.05) is 47.6 Å². The van der Waals surface area contributed by atoms with E-state index in [0.29, 0.717) is 0 Å². The number of rotatable bonds is 1. The lowest BCUT2D eigenvalue weighted by Gasteiger charge is -2.19. The fourth-order valence-electron chi connectivity index (χ4n) is 2.03. The van der Waals surface area contributed by atoms with E-state index in [0.717, 1.165) is 17.0 Å². The van der Waals surface area contributed by atoms with E-state index in [4.69, 9.17) is 0 Å². The van der Waals surface area contributed by atoms with Crippen LogP contribution in [0.2, 0.25) is 0 Å². The Morgan fingerprint density at radius 1 is 0.700 bits per heavy atom. The van der Waals surface area contributed by atoms with Crippen molar-refractivity contribution in [1.29, 1.82) is 0 Å². The zero-order valence-electron chi connectivity index (χ0n) is 13.4. The second-order valence-corrected chi connectivity index (χ2v) is 7.36. The molecule has 2 rings (SSSR count). The number of nitrogens with zero attached hydrogens (tertiary/aromatic N) is 2. The van der Waals surface area contributed by atoms with Gasteiger partial charge >= 0.3 is 0 Å². The van der Waals surface area contributed by atoms with Crippen LogP contribution in [0.1, 0.15) is 52.9 Å². The van der Waals surface area contributed by atoms with Crippen LogP contribution in [0, 0.1) is 0 Å². The predicted octanol–water partition coefficient (Wildman–Crippen LogP) is 4.74. The Morgan fingerprint density at radius 2 is 1.35 bits per heavy atom. The summed E-state index contributed by atoms with van der Waals surface area (Å²) in [6.45, 7) is 13.1. The summed E-state index contributed by atoms with van der Waals surface area (Å²) in [6.07, 6.45) is 3.84. The van der Waals surface area contributed by atoms with Gasteiger partial charge in [0.15, 0.2) is 0 Å². The van der Waals surface area contributed by atoms with Crippen molar-refractivity contribution in [1.82, 2.24) is 9.97 Å². The first kappa shape index (κ1) is 14.7. The van der Waals surface area contributed by atoms with Crippen LogP contribution < -0.4 is 0 Å². The molecule has 0 aromatic carbocycles. The van der Waals surface area contributed by atoms with Gasteiger partial charge in [-0.05, 0) is 23.8 Å². The topological polar surface area (TPSA) is 25.8 Å². The highest BCUT2D eigenvalue weighted by molar-refractivity contribution is 5.62. The van der Waals surface area contributed by atoms with Crippen LogP contribution in [0.3, 0.4) is 0 Å². The molecule has 0 radical (unpaired) electrons. The summed E-state index contributed by atoms with van der Waals surface area (Å²) < 4.78 is 0. The molecule has 0 fully saturated rings. The predicted molar refractivity (Wildman–Crippen MR) is 84.9 cm³/mol. The number of pyridine rings is 2.